The first-order valence-electron chi connectivity index (χ1n) is 10.1. The topological polar surface area (TPSA) is 113 Å². The van der Waals surface area contributed by atoms with E-state index < -0.39 is 29.7 Å². The molecule has 32 heavy (non-hydrogen) atoms. The maximum absolute atomic E-state index is 12.9. The van der Waals surface area contributed by atoms with Crippen molar-refractivity contribution in [3.05, 3.63) is 71.5 Å². The molecule has 2 N–H and O–H groups in total. The van der Waals surface area contributed by atoms with E-state index in [-0.39, 0.29) is 24.0 Å². The highest BCUT2D eigenvalue weighted by Crippen LogP contribution is 2.29. The summed E-state index contributed by atoms with van der Waals surface area (Å²) in [4.78, 5) is 51.8. The Kier molecular flexibility index (Phi) is 4.58. The first kappa shape index (κ1) is 19.7. The third kappa shape index (κ3) is 3.33. The van der Waals surface area contributed by atoms with Gasteiger partial charge in [-0.05, 0) is 37.1 Å². The minimum atomic E-state index is -0.987. The van der Waals surface area contributed by atoms with E-state index in [2.05, 4.69) is 21.9 Å². The largest absolute Gasteiger partial charge is 0.295 e. The number of hydrogen-bond acceptors (Lipinski definition) is 6. The number of imide groups is 2. The second kappa shape index (κ2) is 7.45. The summed E-state index contributed by atoms with van der Waals surface area (Å²) in [6, 6.07) is 11.9. The highest BCUT2D eigenvalue weighted by molar-refractivity contribution is 6.23. The number of nitrogens with zero attached hydrogens (tertiary/aromatic N) is 3. The van der Waals surface area contributed by atoms with Crippen LogP contribution >= 0.6 is 0 Å². The standard InChI is InChI=1S/C23H19N5O4/c1-13-3-2-4-14(9-13)15-11-24-27(12-15)26-16-5-6-17-18(10-16)23(32)28(22(17)31)19-7-8-20(29)25-21(19)30/h2-6,9-12,19,26H,7-8H2,1H3,(H,25,29,30). The van der Waals surface area contributed by atoms with Crippen LogP contribution in [-0.4, -0.2) is 44.5 Å². The summed E-state index contributed by atoms with van der Waals surface area (Å²) in [5.41, 5.74) is 7.19. The molecule has 1 aromatic heterocycles. The molecule has 3 heterocycles. The third-order valence-electron chi connectivity index (χ3n) is 5.62. The summed E-state index contributed by atoms with van der Waals surface area (Å²) in [5, 5.41) is 6.50. The summed E-state index contributed by atoms with van der Waals surface area (Å²) >= 11 is 0. The fraction of sp³-hybridized carbons (Fsp3) is 0.174. The molecule has 5 rings (SSSR count). The van der Waals surface area contributed by atoms with Crippen molar-refractivity contribution in [3.8, 4) is 11.1 Å². The molecule has 0 aliphatic carbocycles. The van der Waals surface area contributed by atoms with Gasteiger partial charge in [-0.25, -0.2) is 0 Å². The lowest BCUT2D eigenvalue weighted by molar-refractivity contribution is -0.136. The molecule has 1 saturated heterocycles. The molecule has 3 aromatic rings. The Morgan fingerprint density at radius 1 is 1.00 bits per heavy atom. The van der Waals surface area contributed by atoms with Crippen LogP contribution in [0.4, 0.5) is 5.69 Å². The van der Waals surface area contributed by atoms with Gasteiger partial charge in [-0.1, -0.05) is 29.8 Å². The molecule has 2 aliphatic heterocycles. The van der Waals surface area contributed by atoms with Crippen molar-refractivity contribution < 1.29 is 19.2 Å². The number of anilines is 1. The van der Waals surface area contributed by atoms with E-state index in [1.807, 2.05) is 31.3 Å². The van der Waals surface area contributed by atoms with Crippen molar-refractivity contribution in [1.29, 1.82) is 0 Å². The predicted molar refractivity (Wildman–Crippen MR) is 115 cm³/mol. The molecule has 9 nitrogen and oxygen atoms in total. The number of aryl methyl sites for hydroxylation is 1. The van der Waals surface area contributed by atoms with Gasteiger partial charge in [0.1, 0.15) is 6.04 Å². The first-order valence-corrected chi connectivity index (χ1v) is 10.1. The molecule has 4 amide bonds. The van der Waals surface area contributed by atoms with Gasteiger partial charge in [0.2, 0.25) is 11.8 Å². The Labute approximate surface area is 183 Å². The van der Waals surface area contributed by atoms with Gasteiger partial charge in [0.15, 0.2) is 0 Å². The van der Waals surface area contributed by atoms with Crippen molar-refractivity contribution in [2.75, 3.05) is 5.43 Å². The van der Waals surface area contributed by atoms with E-state index >= 15 is 0 Å². The Morgan fingerprint density at radius 2 is 1.81 bits per heavy atom. The molecule has 0 radical (unpaired) electrons. The average Bonchev–Trinajstić information content (AvgIpc) is 3.32. The number of piperidine rings is 1. The molecule has 2 aliphatic rings. The fourth-order valence-corrected chi connectivity index (χ4v) is 4.03. The van der Waals surface area contributed by atoms with E-state index in [0.717, 1.165) is 21.6 Å². The predicted octanol–water partition coefficient (Wildman–Crippen LogP) is 2.13. The number of rotatable bonds is 4. The SMILES string of the molecule is Cc1cccc(-c2cnn(Nc3ccc4c(c3)C(=O)N(C3CCC(=O)NC3=O)C4=O)c2)c1. The van der Waals surface area contributed by atoms with Crippen LogP contribution in [0.3, 0.4) is 0 Å². The number of benzene rings is 2. The van der Waals surface area contributed by atoms with Crippen molar-refractivity contribution in [2.24, 2.45) is 0 Å². The lowest BCUT2D eigenvalue weighted by Crippen LogP contribution is -2.54. The molecule has 9 heteroatoms. The highest BCUT2D eigenvalue weighted by atomic mass is 16.2. The molecular weight excluding hydrogens is 410 g/mol. The number of nitrogens with one attached hydrogen (secondary N) is 2. The van der Waals surface area contributed by atoms with Crippen molar-refractivity contribution in [1.82, 2.24) is 20.1 Å². The average molecular weight is 429 g/mol. The van der Waals surface area contributed by atoms with Crippen LogP contribution in [0.2, 0.25) is 0 Å². The maximum Gasteiger partial charge on any atom is 0.262 e. The minimum absolute atomic E-state index is 0.0825. The number of carbonyl (C=O) groups is 4. The fourth-order valence-electron chi connectivity index (χ4n) is 4.03. The van der Waals surface area contributed by atoms with E-state index in [1.54, 1.807) is 24.4 Å². The zero-order chi connectivity index (χ0) is 22.4. The summed E-state index contributed by atoms with van der Waals surface area (Å²) in [6.45, 7) is 2.02. The van der Waals surface area contributed by atoms with E-state index in [4.69, 9.17) is 0 Å². The van der Waals surface area contributed by atoms with Gasteiger partial charge in [0.05, 0.1) is 29.2 Å². The Hall–Kier alpha value is -4.27. The summed E-state index contributed by atoms with van der Waals surface area (Å²) < 4.78 is 0. The van der Waals surface area contributed by atoms with Crippen LogP contribution in [-0.2, 0) is 9.59 Å². The number of amides is 4. The normalized spacial score (nSPS) is 18.0. The third-order valence-corrected chi connectivity index (χ3v) is 5.62. The van der Waals surface area contributed by atoms with Crippen molar-refractivity contribution in [3.63, 3.8) is 0 Å². The quantitative estimate of drug-likeness (QED) is 0.615. The lowest BCUT2D eigenvalue weighted by Gasteiger charge is -2.27. The maximum atomic E-state index is 12.9. The number of hydrogen-bond donors (Lipinski definition) is 2. The highest BCUT2D eigenvalue weighted by Gasteiger charge is 2.44. The van der Waals surface area contributed by atoms with Crippen LogP contribution in [0.1, 0.15) is 39.1 Å². The van der Waals surface area contributed by atoms with Crippen LogP contribution in [0.15, 0.2) is 54.9 Å². The number of fused-ring (bicyclic) bond motifs is 1. The van der Waals surface area contributed by atoms with Crippen LogP contribution < -0.4 is 10.7 Å². The van der Waals surface area contributed by atoms with Crippen LogP contribution in [0.5, 0.6) is 0 Å². The molecule has 1 atom stereocenters. The molecular formula is C23H19N5O4. The Bertz CT molecular complexity index is 1300. The summed E-state index contributed by atoms with van der Waals surface area (Å²) in [5.74, 6) is -2.12. The molecule has 160 valence electrons. The van der Waals surface area contributed by atoms with E-state index in [0.29, 0.717) is 5.69 Å². The van der Waals surface area contributed by atoms with Crippen LogP contribution in [0, 0.1) is 6.92 Å². The smallest absolute Gasteiger partial charge is 0.262 e. The number of carbonyl (C=O) groups excluding carboxylic acids is 4. The number of aromatic nitrogens is 2. The first-order chi connectivity index (χ1) is 15.4. The van der Waals surface area contributed by atoms with Gasteiger partial charge in [0, 0.05) is 12.0 Å². The van der Waals surface area contributed by atoms with Crippen molar-refractivity contribution >= 4 is 29.3 Å². The summed E-state index contributed by atoms with van der Waals surface area (Å²) in [7, 11) is 0. The zero-order valence-corrected chi connectivity index (χ0v) is 17.2. The van der Waals surface area contributed by atoms with Gasteiger partial charge in [-0.2, -0.15) is 9.89 Å². The van der Waals surface area contributed by atoms with Crippen molar-refractivity contribution in [2.45, 2.75) is 25.8 Å². The molecule has 0 saturated carbocycles. The molecule has 0 spiro atoms. The van der Waals surface area contributed by atoms with Crippen LogP contribution in [0.25, 0.3) is 11.1 Å². The Balaban J connectivity index is 1.37. The molecule has 0 bridgehead atoms. The lowest BCUT2D eigenvalue weighted by atomic mass is 10.0. The second-order valence-electron chi connectivity index (χ2n) is 7.86. The van der Waals surface area contributed by atoms with Gasteiger partial charge in [-0.15, -0.1) is 0 Å². The zero-order valence-electron chi connectivity index (χ0n) is 17.2. The molecule has 1 fully saturated rings. The molecule has 2 aromatic carbocycles. The Morgan fingerprint density at radius 3 is 2.59 bits per heavy atom. The second-order valence-corrected chi connectivity index (χ2v) is 7.86. The van der Waals surface area contributed by atoms with Gasteiger partial charge in [0.25, 0.3) is 11.8 Å². The van der Waals surface area contributed by atoms with E-state index in [9.17, 15) is 19.2 Å². The molecule has 1 unspecified atom stereocenters. The summed E-state index contributed by atoms with van der Waals surface area (Å²) in [6.07, 6.45) is 3.76. The monoisotopic (exact) mass is 429 g/mol. The van der Waals surface area contributed by atoms with Gasteiger partial charge in [-0.3, -0.25) is 34.8 Å². The minimum Gasteiger partial charge on any atom is -0.295 e. The van der Waals surface area contributed by atoms with E-state index in [1.165, 1.54) is 4.79 Å². The van der Waals surface area contributed by atoms with Gasteiger partial charge < -0.3 is 0 Å². The van der Waals surface area contributed by atoms with Gasteiger partial charge >= 0.3 is 0 Å².